The lowest BCUT2D eigenvalue weighted by atomic mass is 9.67. The summed E-state index contributed by atoms with van der Waals surface area (Å²) in [7, 11) is 0. The Labute approximate surface area is 373 Å². The van der Waals surface area contributed by atoms with Crippen molar-refractivity contribution in [3.63, 3.8) is 0 Å². The fourth-order valence-corrected chi connectivity index (χ4v) is 11.5. The van der Waals surface area contributed by atoms with Crippen molar-refractivity contribution < 1.29 is 4.42 Å². The molecule has 1 aromatic heterocycles. The van der Waals surface area contributed by atoms with E-state index < -0.39 is 10.8 Å². The maximum atomic E-state index is 6.41. The highest BCUT2D eigenvalue weighted by Crippen LogP contribution is 2.60. The fraction of sp³-hybridized carbons (Fsp3) is 0.0323. The van der Waals surface area contributed by atoms with Gasteiger partial charge in [0.1, 0.15) is 11.2 Å². The van der Waals surface area contributed by atoms with E-state index >= 15 is 0 Å². The average molecular weight is 816 g/mol. The van der Waals surface area contributed by atoms with Crippen LogP contribution in [0.25, 0.3) is 44.2 Å². The number of anilines is 3. The third-order valence-corrected chi connectivity index (χ3v) is 14.0. The molecule has 0 aliphatic heterocycles. The third-order valence-electron chi connectivity index (χ3n) is 14.0. The van der Waals surface area contributed by atoms with Gasteiger partial charge in [0.2, 0.25) is 0 Å². The highest BCUT2D eigenvalue weighted by molar-refractivity contribution is 6.07. The molecular weight excluding hydrogens is 775 g/mol. The van der Waals surface area contributed by atoms with Crippen LogP contribution in [-0.2, 0) is 10.8 Å². The van der Waals surface area contributed by atoms with Crippen LogP contribution < -0.4 is 4.90 Å². The van der Waals surface area contributed by atoms with Gasteiger partial charge >= 0.3 is 0 Å². The maximum Gasteiger partial charge on any atom is 0.135 e. The van der Waals surface area contributed by atoms with Gasteiger partial charge in [0.15, 0.2) is 0 Å². The first-order chi connectivity index (χ1) is 31.8. The van der Waals surface area contributed by atoms with Crippen molar-refractivity contribution >= 4 is 39.0 Å². The second-order valence-corrected chi connectivity index (χ2v) is 17.1. The van der Waals surface area contributed by atoms with Crippen LogP contribution in [-0.4, -0.2) is 0 Å². The molecule has 2 aliphatic carbocycles. The summed E-state index contributed by atoms with van der Waals surface area (Å²) in [6, 6.07) is 91.4. The van der Waals surface area contributed by atoms with E-state index in [1.165, 1.54) is 66.8 Å². The molecule has 0 unspecified atom stereocenters. The predicted molar refractivity (Wildman–Crippen MR) is 263 cm³/mol. The Bertz CT molecular complexity index is 3470. The van der Waals surface area contributed by atoms with Crippen molar-refractivity contribution in [3.8, 4) is 22.3 Å². The molecule has 0 atom stereocenters. The zero-order chi connectivity index (χ0) is 42.2. The van der Waals surface area contributed by atoms with Gasteiger partial charge in [0, 0.05) is 27.7 Å². The molecule has 0 fully saturated rings. The fourth-order valence-electron chi connectivity index (χ4n) is 11.5. The Balaban J connectivity index is 1.08. The van der Waals surface area contributed by atoms with Crippen LogP contribution in [0.5, 0.6) is 0 Å². The highest BCUT2D eigenvalue weighted by atomic mass is 16.3. The van der Waals surface area contributed by atoms with Gasteiger partial charge in [-0.25, -0.2) is 0 Å². The Morgan fingerprint density at radius 3 is 1.34 bits per heavy atom. The van der Waals surface area contributed by atoms with Crippen molar-refractivity contribution in [3.05, 3.63) is 293 Å². The second kappa shape index (κ2) is 14.2. The van der Waals surface area contributed by atoms with E-state index in [0.29, 0.717) is 0 Å². The molecule has 11 aromatic rings. The molecule has 0 N–H and O–H groups in total. The third kappa shape index (κ3) is 5.02. The normalized spacial score (nSPS) is 13.9. The summed E-state index contributed by atoms with van der Waals surface area (Å²) in [4.78, 5) is 2.47. The molecule has 1 heterocycles. The van der Waals surface area contributed by atoms with Gasteiger partial charge in [0.05, 0.1) is 16.5 Å². The monoisotopic (exact) mass is 815 g/mol. The Hall–Kier alpha value is -8.20. The number of hydrogen-bond acceptors (Lipinski definition) is 2. The molecular formula is C62H41NO. The Morgan fingerprint density at radius 2 is 0.734 bits per heavy atom. The molecule has 0 saturated carbocycles. The maximum absolute atomic E-state index is 6.41. The predicted octanol–water partition coefficient (Wildman–Crippen LogP) is 15.8. The molecule has 0 radical (unpaired) electrons. The number of fused-ring (bicyclic) bond motifs is 9. The number of para-hydroxylation sites is 1. The van der Waals surface area contributed by atoms with Crippen molar-refractivity contribution in [1.29, 1.82) is 0 Å². The summed E-state index contributed by atoms with van der Waals surface area (Å²) in [6.07, 6.45) is 0. The molecule has 0 amide bonds. The minimum atomic E-state index is -0.532. The molecule has 0 bridgehead atoms. The molecule has 2 aliphatic rings. The van der Waals surface area contributed by atoms with Gasteiger partial charge in [-0.3, -0.25) is 0 Å². The number of rotatable bonds is 7. The lowest BCUT2D eigenvalue weighted by Crippen LogP contribution is -2.28. The van der Waals surface area contributed by atoms with Crippen LogP contribution in [0.3, 0.4) is 0 Å². The van der Waals surface area contributed by atoms with Gasteiger partial charge in [-0.05, 0) is 104 Å². The van der Waals surface area contributed by atoms with Crippen LogP contribution in [0.4, 0.5) is 17.1 Å². The zero-order valence-corrected chi connectivity index (χ0v) is 35.0. The summed E-state index contributed by atoms with van der Waals surface area (Å²) in [5.74, 6) is 0. The molecule has 2 heteroatoms. The van der Waals surface area contributed by atoms with E-state index in [0.717, 1.165) is 39.0 Å². The largest absolute Gasteiger partial charge is 0.456 e. The van der Waals surface area contributed by atoms with Crippen molar-refractivity contribution in [2.24, 2.45) is 0 Å². The number of furan rings is 1. The first kappa shape index (κ1) is 36.5. The first-order valence-corrected chi connectivity index (χ1v) is 22.2. The van der Waals surface area contributed by atoms with Gasteiger partial charge in [-0.15, -0.1) is 0 Å². The van der Waals surface area contributed by atoms with E-state index in [-0.39, 0.29) is 0 Å². The number of nitrogens with zero attached hydrogens (tertiary/aromatic N) is 1. The van der Waals surface area contributed by atoms with Crippen molar-refractivity contribution in [2.75, 3.05) is 4.90 Å². The van der Waals surface area contributed by atoms with Crippen molar-refractivity contribution in [1.82, 2.24) is 0 Å². The quantitative estimate of drug-likeness (QED) is 0.159. The lowest BCUT2D eigenvalue weighted by molar-refractivity contribution is 0.669. The van der Waals surface area contributed by atoms with E-state index in [1.807, 2.05) is 6.07 Å². The van der Waals surface area contributed by atoms with Crippen LogP contribution in [0, 0.1) is 0 Å². The smallest absolute Gasteiger partial charge is 0.135 e. The topological polar surface area (TPSA) is 16.4 Å². The summed E-state index contributed by atoms with van der Waals surface area (Å²) < 4.78 is 6.41. The van der Waals surface area contributed by atoms with Gasteiger partial charge in [-0.1, -0.05) is 206 Å². The van der Waals surface area contributed by atoms with E-state index in [9.17, 15) is 0 Å². The van der Waals surface area contributed by atoms with E-state index in [2.05, 4.69) is 248 Å². The minimum Gasteiger partial charge on any atom is -0.456 e. The number of benzene rings is 10. The minimum absolute atomic E-state index is 0.496. The van der Waals surface area contributed by atoms with Crippen molar-refractivity contribution in [2.45, 2.75) is 10.8 Å². The zero-order valence-electron chi connectivity index (χ0n) is 35.0. The highest BCUT2D eigenvalue weighted by Gasteiger charge is 2.48. The average Bonchev–Trinajstić information content (AvgIpc) is 4.00. The SMILES string of the molecule is c1ccc(C2(c3ccc(N(c4ccc5oc6ccccc6c5c4)c4cccc5c4-c4ccccc4C5(c4ccccc4)c4ccccc4)cc3)c3ccccc3-c3ccccc32)cc1. The standard InChI is InChI=1S/C62H41NO/c1-4-19-42(20-5-1)61(53-29-14-10-25-48(53)49-26-11-15-30-54(49)61)45-35-37-46(38-36-45)63(47-39-40-59-52(41-47)50-27-13-17-34-58(50)64-59)57-33-18-32-56-60(57)51-28-12-16-31-55(51)62(56,43-21-6-2-7-22-43)44-23-8-3-9-24-44/h1-41H. The van der Waals surface area contributed by atoms with E-state index in [4.69, 9.17) is 4.42 Å². The van der Waals surface area contributed by atoms with Crippen LogP contribution in [0.1, 0.15) is 44.5 Å². The molecule has 13 rings (SSSR count). The second-order valence-electron chi connectivity index (χ2n) is 17.1. The molecule has 300 valence electrons. The first-order valence-electron chi connectivity index (χ1n) is 22.2. The van der Waals surface area contributed by atoms with Gasteiger partial charge in [0.25, 0.3) is 0 Å². The summed E-state index contributed by atoms with van der Waals surface area (Å²) in [5, 5.41) is 2.20. The van der Waals surface area contributed by atoms with Crippen LogP contribution >= 0.6 is 0 Å². The lowest BCUT2D eigenvalue weighted by Gasteiger charge is -2.35. The van der Waals surface area contributed by atoms with Gasteiger partial charge in [-0.2, -0.15) is 0 Å². The Morgan fingerprint density at radius 1 is 0.297 bits per heavy atom. The molecule has 64 heavy (non-hydrogen) atoms. The van der Waals surface area contributed by atoms with Gasteiger partial charge < -0.3 is 9.32 Å². The summed E-state index contributed by atoms with van der Waals surface area (Å²) >= 11 is 0. The molecule has 0 saturated heterocycles. The van der Waals surface area contributed by atoms with Crippen LogP contribution in [0.2, 0.25) is 0 Å². The van der Waals surface area contributed by atoms with E-state index in [1.54, 1.807) is 0 Å². The van der Waals surface area contributed by atoms with Crippen LogP contribution in [0.15, 0.2) is 253 Å². The molecule has 0 spiro atoms. The Kier molecular flexibility index (Phi) is 8.07. The number of hydrogen-bond donors (Lipinski definition) is 0. The summed E-state index contributed by atoms with van der Waals surface area (Å²) in [6.45, 7) is 0. The molecule has 2 nitrogen and oxygen atoms in total. The molecule has 10 aromatic carbocycles. The summed E-state index contributed by atoms with van der Waals surface area (Å²) in [5.41, 5.74) is 19.1.